The molecule has 0 aromatic heterocycles. The lowest BCUT2D eigenvalue weighted by Crippen LogP contribution is -1.96. The van der Waals surface area contributed by atoms with Crippen LogP contribution in [0.15, 0.2) is 36.5 Å². The molecule has 0 rings (SSSR count). The fourth-order valence-corrected chi connectivity index (χ4v) is 1.28. The van der Waals surface area contributed by atoms with Crippen LogP contribution < -0.4 is 0 Å². The van der Waals surface area contributed by atoms with Crippen molar-refractivity contribution < 1.29 is 0 Å². The maximum Gasteiger partial charge on any atom is -0.0205 e. The Kier molecular flexibility index (Phi) is 10.2. The Labute approximate surface area is 102 Å². The molecule has 0 aromatic carbocycles. The molecule has 1 radical (unpaired) electrons. The van der Waals surface area contributed by atoms with Gasteiger partial charge in [0.15, 0.2) is 0 Å². The van der Waals surface area contributed by atoms with Crippen LogP contribution in [-0.2, 0) is 0 Å². The quantitative estimate of drug-likeness (QED) is 0.374. The van der Waals surface area contributed by atoms with Gasteiger partial charge in [-0.15, -0.1) is 0 Å². The fourth-order valence-electron chi connectivity index (χ4n) is 1.28. The molecule has 0 heterocycles. The molecule has 0 saturated carbocycles. The number of allylic oxidation sites excluding steroid dienone is 6. The molecule has 91 valence electrons. The van der Waals surface area contributed by atoms with Crippen molar-refractivity contribution in [2.75, 3.05) is 0 Å². The van der Waals surface area contributed by atoms with E-state index < -0.39 is 0 Å². The zero-order chi connectivity index (χ0) is 12.2. The highest BCUT2D eigenvalue weighted by Gasteiger charge is 2.00. The summed E-state index contributed by atoms with van der Waals surface area (Å²) in [7, 11) is 0. The van der Waals surface area contributed by atoms with Gasteiger partial charge in [0.2, 0.25) is 0 Å². The Morgan fingerprint density at radius 3 is 1.88 bits per heavy atom. The SMILES string of the molecule is CC=CCCC=CCCC=CC(C)[C](C)C. The molecule has 0 nitrogen and oxygen atoms in total. The van der Waals surface area contributed by atoms with Crippen molar-refractivity contribution in [1.82, 2.24) is 0 Å². The topological polar surface area (TPSA) is 0 Å². The van der Waals surface area contributed by atoms with Gasteiger partial charge >= 0.3 is 0 Å². The summed E-state index contributed by atoms with van der Waals surface area (Å²) in [4.78, 5) is 0. The minimum absolute atomic E-state index is 0.624. The molecule has 0 fully saturated rings. The van der Waals surface area contributed by atoms with Gasteiger partial charge in [0.1, 0.15) is 0 Å². The molecular formula is C16H27. The van der Waals surface area contributed by atoms with Gasteiger partial charge < -0.3 is 0 Å². The Hall–Kier alpha value is -0.780. The highest BCUT2D eigenvalue weighted by Crippen LogP contribution is 2.13. The van der Waals surface area contributed by atoms with Gasteiger partial charge in [0, 0.05) is 0 Å². The minimum atomic E-state index is 0.624. The van der Waals surface area contributed by atoms with Crippen LogP contribution in [0.1, 0.15) is 53.4 Å². The van der Waals surface area contributed by atoms with Crippen molar-refractivity contribution in [3.8, 4) is 0 Å². The van der Waals surface area contributed by atoms with E-state index in [1.807, 2.05) is 0 Å². The van der Waals surface area contributed by atoms with Gasteiger partial charge in [-0.2, -0.15) is 0 Å². The Morgan fingerprint density at radius 2 is 1.38 bits per heavy atom. The Bertz CT molecular complexity index is 218. The van der Waals surface area contributed by atoms with E-state index in [4.69, 9.17) is 0 Å². The molecule has 0 aliphatic heterocycles. The fraction of sp³-hybridized carbons (Fsp3) is 0.562. The van der Waals surface area contributed by atoms with Crippen LogP contribution in [0.5, 0.6) is 0 Å². The first-order valence-corrected chi connectivity index (χ1v) is 6.41. The molecule has 1 atom stereocenters. The van der Waals surface area contributed by atoms with Gasteiger partial charge in [0.25, 0.3) is 0 Å². The number of hydrogen-bond acceptors (Lipinski definition) is 0. The van der Waals surface area contributed by atoms with E-state index in [0.29, 0.717) is 5.92 Å². The smallest absolute Gasteiger partial charge is 0.0205 e. The first-order chi connectivity index (χ1) is 7.68. The molecule has 1 unspecified atom stereocenters. The summed E-state index contributed by atoms with van der Waals surface area (Å²) in [6.07, 6.45) is 18.2. The standard InChI is InChI=1S/C16H27/c1-5-6-7-8-9-10-11-12-13-14-16(4)15(2)3/h5-6,9-10,13-14,16H,7-8,11-12H2,1-4H3. The highest BCUT2D eigenvalue weighted by atomic mass is 14.1. The average Bonchev–Trinajstić information content (AvgIpc) is 2.26. The van der Waals surface area contributed by atoms with Gasteiger partial charge in [-0.25, -0.2) is 0 Å². The van der Waals surface area contributed by atoms with Crippen molar-refractivity contribution >= 4 is 0 Å². The summed E-state index contributed by atoms with van der Waals surface area (Å²) >= 11 is 0. The lowest BCUT2D eigenvalue weighted by atomic mass is 9.97. The zero-order valence-corrected chi connectivity index (χ0v) is 11.4. The van der Waals surface area contributed by atoms with Crippen molar-refractivity contribution in [3.05, 3.63) is 42.4 Å². The van der Waals surface area contributed by atoms with Gasteiger partial charge in [-0.3, -0.25) is 0 Å². The summed E-state index contributed by atoms with van der Waals surface area (Å²) in [6, 6.07) is 0. The molecule has 0 aliphatic carbocycles. The van der Waals surface area contributed by atoms with E-state index in [9.17, 15) is 0 Å². The van der Waals surface area contributed by atoms with E-state index in [1.165, 1.54) is 25.2 Å². The van der Waals surface area contributed by atoms with Crippen molar-refractivity contribution in [2.45, 2.75) is 53.4 Å². The monoisotopic (exact) mass is 219 g/mol. The maximum absolute atomic E-state index is 2.31. The third kappa shape index (κ3) is 9.76. The third-order valence-electron chi connectivity index (χ3n) is 2.74. The predicted octanol–water partition coefficient (Wildman–Crippen LogP) is 5.49. The van der Waals surface area contributed by atoms with Gasteiger partial charge in [0.05, 0.1) is 0 Å². The van der Waals surface area contributed by atoms with Gasteiger partial charge in [-0.05, 0) is 44.4 Å². The summed E-state index contributed by atoms with van der Waals surface area (Å²) in [5.41, 5.74) is 0. The van der Waals surface area contributed by atoms with Crippen LogP contribution in [0.3, 0.4) is 0 Å². The largest absolute Gasteiger partial charge is 0.0917 e. The molecule has 0 spiro atoms. The Morgan fingerprint density at radius 1 is 0.875 bits per heavy atom. The number of unbranched alkanes of at least 4 members (excludes halogenated alkanes) is 2. The van der Waals surface area contributed by atoms with E-state index in [-0.39, 0.29) is 0 Å². The molecule has 0 aliphatic rings. The van der Waals surface area contributed by atoms with Crippen LogP contribution in [-0.4, -0.2) is 0 Å². The molecule has 0 saturated heterocycles. The van der Waals surface area contributed by atoms with Crippen molar-refractivity contribution in [2.24, 2.45) is 5.92 Å². The molecule has 0 N–H and O–H groups in total. The molecule has 16 heavy (non-hydrogen) atoms. The lowest BCUT2D eigenvalue weighted by Gasteiger charge is -2.08. The third-order valence-corrected chi connectivity index (χ3v) is 2.74. The molecule has 0 bridgehead atoms. The second-order valence-electron chi connectivity index (χ2n) is 4.49. The maximum atomic E-state index is 2.31. The summed E-state index contributed by atoms with van der Waals surface area (Å²) in [6.45, 7) is 8.70. The van der Waals surface area contributed by atoms with Crippen LogP contribution in [0.25, 0.3) is 0 Å². The normalized spacial score (nSPS) is 14.8. The second kappa shape index (κ2) is 10.7. The average molecular weight is 219 g/mol. The van der Waals surface area contributed by atoms with Gasteiger partial charge in [-0.1, -0.05) is 57.2 Å². The number of rotatable bonds is 8. The lowest BCUT2D eigenvalue weighted by molar-refractivity contribution is 0.739. The van der Waals surface area contributed by atoms with Crippen LogP contribution in [0.2, 0.25) is 0 Å². The molecular weight excluding hydrogens is 192 g/mol. The first-order valence-electron chi connectivity index (χ1n) is 6.41. The predicted molar refractivity (Wildman–Crippen MR) is 75.3 cm³/mol. The molecule has 0 amide bonds. The molecule has 0 aromatic rings. The van der Waals surface area contributed by atoms with Crippen LogP contribution in [0.4, 0.5) is 0 Å². The Balaban J connectivity index is 3.45. The van der Waals surface area contributed by atoms with Crippen molar-refractivity contribution in [1.29, 1.82) is 0 Å². The minimum Gasteiger partial charge on any atom is -0.0917 e. The van der Waals surface area contributed by atoms with Crippen LogP contribution >= 0.6 is 0 Å². The second-order valence-corrected chi connectivity index (χ2v) is 4.49. The van der Waals surface area contributed by atoms with E-state index in [2.05, 4.69) is 64.2 Å². The highest BCUT2D eigenvalue weighted by molar-refractivity contribution is 4.99. The van der Waals surface area contributed by atoms with Crippen LogP contribution in [0, 0.1) is 11.8 Å². The van der Waals surface area contributed by atoms with E-state index in [1.54, 1.807) is 0 Å². The summed E-state index contributed by atoms with van der Waals surface area (Å²) in [5.74, 6) is 2.11. The zero-order valence-electron chi connectivity index (χ0n) is 11.4. The van der Waals surface area contributed by atoms with Crippen molar-refractivity contribution in [3.63, 3.8) is 0 Å². The first kappa shape index (κ1) is 15.2. The molecule has 0 heteroatoms. The number of hydrogen-bond donors (Lipinski definition) is 0. The summed E-state index contributed by atoms with van der Waals surface area (Å²) < 4.78 is 0. The summed E-state index contributed by atoms with van der Waals surface area (Å²) in [5, 5.41) is 0. The van der Waals surface area contributed by atoms with E-state index >= 15 is 0 Å². The van der Waals surface area contributed by atoms with E-state index in [0.717, 1.165) is 6.42 Å².